The maximum atomic E-state index is 12.5. The molecule has 336 valence electrons. The number of benzene rings is 3. The van der Waals surface area contributed by atoms with E-state index >= 15 is 0 Å². The van der Waals surface area contributed by atoms with Crippen molar-refractivity contribution in [1.29, 1.82) is 0 Å². The summed E-state index contributed by atoms with van der Waals surface area (Å²) in [5.74, 6) is 3.29. The number of hydrogen-bond donors (Lipinski definition) is 3. The van der Waals surface area contributed by atoms with Crippen molar-refractivity contribution in [3.8, 4) is 41.3 Å². The number of nitrogens with zero attached hydrogens (tertiary/aromatic N) is 7. The monoisotopic (exact) mass is 975 g/mol. The smallest absolute Gasteiger partial charge is 0.350 e. The maximum Gasteiger partial charge on any atom is 0.350 e. The number of halogens is 4. The van der Waals surface area contributed by atoms with Crippen molar-refractivity contribution in [2.75, 3.05) is 38.1 Å². The minimum atomic E-state index is -4.20. The van der Waals surface area contributed by atoms with Crippen LogP contribution in [-0.2, 0) is 27.8 Å². The number of fused-ring (bicyclic) bond motifs is 2. The molecular formula is C40H37Cl4N9O10S. The van der Waals surface area contributed by atoms with E-state index in [4.69, 9.17) is 76.9 Å². The van der Waals surface area contributed by atoms with E-state index < -0.39 is 28.6 Å². The van der Waals surface area contributed by atoms with Crippen molar-refractivity contribution in [2.24, 2.45) is 0 Å². The number of carboxylic acid groups (broad SMARTS) is 1. The zero-order chi connectivity index (χ0) is 46.4. The third kappa shape index (κ3) is 12.9. The van der Waals surface area contributed by atoms with Gasteiger partial charge in [0.05, 0.1) is 33.7 Å². The van der Waals surface area contributed by atoms with Crippen LogP contribution in [0.5, 0.6) is 23.3 Å². The predicted molar refractivity (Wildman–Crippen MR) is 238 cm³/mol. The van der Waals surface area contributed by atoms with Gasteiger partial charge in [0.2, 0.25) is 5.95 Å². The van der Waals surface area contributed by atoms with Crippen LogP contribution in [-0.4, -0.2) is 92.6 Å². The van der Waals surface area contributed by atoms with Gasteiger partial charge in [-0.05, 0) is 62.2 Å². The Bertz CT molecular complexity index is 2860. The van der Waals surface area contributed by atoms with E-state index in [-0.39, 0.29) is 53.2 Å². The number of rotatable bonds is 13. The quantitative estimate of drug-likeness (QED) is 0.0843. The number of amides is 2. The molecule has 0 saturated carbocycles. The number of nitrogens with one attached hydrogen (secondary N) is 2. The van der Waals surface area contributed by atoms with E-state index in [1.165, 1.54) is 36.1 Å². The van der Waals surface area contributed by atoms with Gasteiger partial charge in [-0.25, -0.2) is 27.5 Å². The number of urea groups is 1. The highest BCUT2D eigenvalue weighted by atomic mass is 35.5. The van der Waals surface area contributed by atoms with Crippen molar-refractivity contribution >= 4 is 85.3 Å². The lowest BCUT2D eigenvalue weighted by molar-refractivity contribution is -0.139. The molecule has 4 heterocycles. The number of anilines is 1. The Morgan fingerprint density at radius 2 is 1.72 bits per heavy atom. The second kappa shape index (κ2) is 22.8. The Labute approximate surface area is 385 Å². The van der Waals surface area contributed by atoms with Crippen LogP contribution >= 0.6 is 46.4 Å². The van der Waals surface area contributed by atoms with Gasteiger partial charge in [0, 0.05) is 30.6 Å². The van der Waals surface area contributed by atoms with Gasteiger partial charge in [-0.1, -0.05) is 52.9 Å². The van der Waals surface area contributed by atoms with Crippen LogP contribution in [0.25, 0.3) is 16.6 Å². The lowest BCUT2D eigenvalue weighted by Gasteiger charge is -2.12. The highest BCUT2D eigenvalue weighted by molar-refractivity contribution is 7.90. The molecule has 3 N–H and O–H groups in total. The summed E-state index contributed by atoms with van der Waals surface area (Å²) in [5.41, 5.74) is 0.795. The van der Waals surface area contributed by atoms with Gasteiger partial charge < -0.3 is 24.1 Å². The topological polar surface area (TPSA) is 241 Å². The van der Waals surface area contributed by atoms with E-state index in [2.05, 4.69) is 36.3 Å². The summed E-state index contributed by atoms with van der Waals surface area (Å²) in [6.45, 7) is 2.04. The molecule has 24 heteroatoms. The fourth-order valence-electron chi connectivity index (χ4n) is 5.68. The fraction of sp³-hybridized carbons (Fsp3) is 0.250. The van der Waals surface area contributed by atoms with E-state index in [9.17, 15) is 22.8 Å². The molecule has 2 amide bonds. The number of carbonyl (C=O) groups excluding carboxylic acids is 1. The Kier molecular flexibility index (Phi) is 17.4. The Hall–Kier alpha value is -6.37. The molecule has 3 aromatic heterocycles. The average molecular weight is 978 g/mol. The first-order valence-electron chi connectivity index (χ1n) is 18.7. The number of terminal acetylenes is 1. The number of sulfonamides is 1. The summed E-state index contributed by atoms with van der Waals surface area (Å²) in [5, 5.41) is 17.1. The molecule has 6 aromatic rings. The Morgan fingerprint density at radius 3 is 2.44 bits per heavy atom. The van der Waals surface area contributed by atoms with Crippen LogP contribution in [0, 0.1) is 19.3 Å². The number of aliphatic carboxylic acids is 1. The van der Waals surface area contributed by atoms with Crippen molar-refractivity contribution < 1.29 is 42.1 Å². The highest BCUT2D eigenvalue weighted by Crippen LogP contribution is 2.33. The van der Waals surface area contributed by atoms with Crippen molar-refractivity contribution in [1.82, 2.24) is 39.0 Å². The average Bonchev–Trinajstić information content (AvgIpc) is 3.60. The number of carbonyl (C=O) groups is 2. The molecule has 0 unspecified atom stereocenters. The second-order valence-corrected chi connectivity index (χ2v) is 16.1. The highest BCUT2D eigenvalue weighted by Gasteiger charge is 2.23. The van der Waals surface area contributed by atoms with Crippen molar-refractivity contribution in [2.45, 2.75) is 37.6 Å². The van der Waals surface area contributed by atoms with E-state index in [0.717, 1.165) is 30.5 Å². The molecule has 7 rings (SSSR count). The Balaban J connectivity index is 0.000000185. The van der Waals surface area contributed by atoms with Gasteiger partial charge in [0.15, 0.2) is 6.61 Å². The molecule has 0 radical (unpaired) electrons. The largest absolute Gasteiger partial charge is 0.491 e. The normalized spacial score (nSPS) is 11.6. The summed E-state index contributed by atoms with van der Waals surface area (Å²) in [6.07, 6.45) is 9.57. The number of methoxy groups -OCH3 is 1. The molecular weight excluding hydrogens is 940 g/mol. The maximum absolute atomic E-state index is 12.5. The van der Waals surface area contributed by atoms with E-state index in [1.807, 2.05) is 4.72 Å². The number of alkyl halides is 1. The number of pyridine rings is 1. The van der Waals surface area contributed by atoms with Gasteiger partial charge in [0.1, 0.15) is 52.5 Å². The molecule has 19 nitrogen and oxygen atoms in total. The van der Waals surface area contributed by atoms with Gasteiger partial charge in [-0.15, -0.1) is 23.1 Å². The molecule has 0 fully saturated rings. The minimum absolute atomic E-state index is 0.0181. The third-order valence-corrected chi connectivity index (χ3v) is 10.8. The summed E-state index contributed by atoms with van der Waals surface area (Å²) in [7, 11) is -2.85. The first kappa shape index (κ1) is 48.7. The number of aromatic nitrogens is 7. The van der Waals surface area contributed by atoms with Gasteiger partial charge in [-0.2, -0.15) is 19.6 Å². The first-order chi connectivity index (χ1) is 30.6. The summed E-state index contributed by atoms with van der Waals surface area (Å²) in [6, 6.07) is 14.7. The number of para-hydroxylation sites is 1. The number of ether oxygens (including phenoxy) is 4. The molecule has 0 saturated heterocycles. The van der Waals surface area contributed by atoms with Gasteiger partial charge >= 0.3 is 23.7 Å². The van der Waals surface area contributed by atoms with E-state index in [0.29, 0.717) is 44.3 Å². The SMILES string of the molecule is C#CCOc1cc(-n2nc3n(c2=O)CCCC3)c(Cl)cc1Cl.COc1nc(C)nc(NC(=O)NS(=O)(=O)c2ccccc2OCCCl)n1.O=C(O)COc1ccc(Cl)c2cccnc12. The third-order valence-electron chi connectivity index (χ3n) is 8.38. The number of aryl methyl sites for hydroxylation is 2. The molecule has 0 bridgehead atoms. The number of hydrogen-bond acceptors (Lipinski definition) is 14. The van der Waals surface area contributed by atoms with Crippen LogP contribution in [0.3, 0.4) is 0 Å². The van der Waals surface area contributed by atoms with Crippen molar-refractivity contribution in [3.63, 3.8) is 0 Å². The zero-order valence-corrected chi connectivity index (χ0v) is 37.6. The van der Waals surface area contributed by atoms with Crippen LogP contribution in [0.15, 0.2) is 76.6 Å². The van der Waals surface area contributed by atoms with Crippen LogP contribution in [0.1, 0.15) is 24.5 Å². The first-order valence-corrected chi connectivity index (χ1v) is 21.8. The molecule has 0 spiro atoms. The fourth-order valence-corrected chi connectivity index (χ4v) is 7.55. The van der Waals surface area contributed by atoms with Crippen molar-refractivity contribution in [3.05, 3.63) is 104 Å². The molecule has 64 heavy (non-hydrogen) atoms. The lowest BCUT2D eigenvalue weighted by Crippen LogP contribution is -2.35. The molecule has 1 aliphatic heterocycles. The standard InChI is InChI=1S/C15H13Cl2N3O2.C14H16ClN5O5S.C11H8ClNO3/c1-2-7-22-13-9-12(10(16)8-11(13)17)20-15(21)19-6-4-3-5-14(19)18-20;1-9-16-12(19-14(17-9)24-2)18-13(21)20-26(22,23)11-6-4-3-5-10(11)25-8-7-15;12-8-3-4-9(16-6-10(14)15)11-7(8)2-1-5-13-11/h1,8-9H,3-7H2;3-6H,7-8H2,1-2H3,(H2,16,17,18,19,20,21);1-5H,6H2,(H,14,15). The molecule has 1 aliphatic rings. The predicted octanol–water partition coefficient (Wildman–Crippen LogP) is 6.36. The summed E-state index contributed by atoms with van der Waals surface area (Å²) >= 11 is 23.8. The Morgan fingerprint density at radius 1 is 0.938 bits per heavy atom. The second-order valence-electron chi connectivity index (χ2n) is 12.8. The summed E-state index contributed by atoms with van der Waals surface area (Å²) in [4.78, 5) is 50.4. The minimum Gasteiger partial charge on any atom is -0.491 e. The van der Waals surface area contributed by atoms with Gasteiger partial charge in [0.25, 0.3) is 10.0 Å². The zero-order valence-electron chi connectivity index (χ0n) is 33.8. The lowest BCUT2D eigenvalue weighted by atomic mass is 10.2. The summed E-state index contributed by atoms with van der Waals surface area (Å²) < 4.78 is 50.4. The van der Waals surface area contributed by atoms with Gasteiger partial charge in [-0.3, -0.25) is 14.9 Å². The molecule has 0 aliphatic carbocycles. The molecule has 0 atom stereocenters. The number of carboxylic acids is 1. The van der Waals surface area contributed by atoms with Crippen LogP contribution in [0.2, 0.25) is 15.1 Å². The van der Waals surface area contributed by atoms with Crippen LogP contribution in [0.4, 0.5) is 10.7 Å². The molecule has 3 aromatic carbocycles. The van der Waals surface area contributed by atoms with Crippen LogP contribution < -0.4 is 34.7 Å². The van der Waals surface area contributed by atoms with E-state index in [1.54, 1.807) is 54.1 Å².